The van der Waals surface area contributed by atoms with Crippen molar-refractivity contribution in [1.29, 1.82) is 0 Å². The summed E-state index contributed by atoms with van der Waals surface area (Å²) in [5.41, 5.74) is 7.93. The molecule has 3 heteroatoms. The summed E-state index contributed by atoms with van der Waals surface area (Å²) in [5, 5.41) is 0. The molecule has 0 unspecified atom stereocenters. The van der Waals surface area contributed by atoms with Gasteiger partial charge in [0.15, 0.2) is 0 Å². The molecule has 1 aliphatic carbocycles. The Bertz CT molecular complexity index is 1070. The number of unbranched alkanes of at least 4 members (excludes halogenated alkanes) is 4. The number of benzene rings is 2. The Labute approximate surface area is 219 Å². The maximum absolute atomic E-state index is 12.6. The van der Waals surface area contributed by atoms with Crippen LogP contribution >= 0.6 is 0 Å². The van der Waals surface area contributed by atoms with Gasteiger partial charge in [-0.2, -0.15) is 0 Å². The summed E-state index contributed by atoms with van der Waals surface area (Å²) in [6.45, 7) is 16.6. The van der Waals surface area contributed by atoms with Crippen molar-refractivity contribution < 1.29 is 14.3 Å². The molecule has 196 valence electrons. The summed E-state index contributed by atoms with van der Waals surface area (Å²) in [7, 11) is 0. The van der Waals surface area contributed by atoms with E-state index in [9.17, 15) is 4.79 Å². The van der Waals surface area contributed by atoms with Crippen LogP contribution in [0.3, 0.4) is 0 Å². The standard InChI is InChI=1S/C33H46O3/c1-8-10-11-12-13-19-36-30(31(34)35-9-2)22-25-15-14-16-26(21-25)27-23-29-28(20-24(27)3)32(4,5)17-18-33(29,6)7/h14-16,20-23H,8-13,17-19H2,1-7H3. The highest BCUT2D eigenvalue weighted by molar-refractivity contribution is 5.91. The average molecular weight is 491 g/mol. The monoisotopic (exact) mass is 490 g/mol. The number of fused-ring (bicyclic) bond motifs is 1. The Hall–Kier alpha value is -2.55. The second-order valence-electron chi connectivity index (χ2n) is 11.6. The molecule has 0 heterocycles. The molecule has 0 spiro atoms. The molecular weight excluding hydrogens is 444 g/mol. The number of hydrogen-bond acceptors (Lipinski definition) is 3. The van der Waals surface area contributed by atoms with Gasteiger partial charge in [0.25, 0.3) is 0 Å². The summed E-state index contributed by atoms with van der Waals surface area (Å²) < 4.78 is 11.2. The van der Waals surface area contributed by atoms with Gasteiger partial charge in [0.05, 0.1) is 13.2 Å². The third kappa shape index (κ3) is 6.81. The lowest BCUT2D eigenvalue weighted by molar-refractivity contribution is -0.142. The topological polar surface area (TPSA) is 35.5 Å². The second kappa shape index (κ2) is 12.1. The molecule has 2 aromatic rings. The van der Waals surface area contributed by atoms with Crippen LogP contribution in [0.5, 0.6) is 0 Å². The summed E-state index contributed by atoms with van der Waals surface area (Å²) in [6.07, 6.45) is 9.94. The SMILES string of the molecule is CCCCCCCOC(=Cc1cccc(-c2cc3c(cc2C)C(C)(C)CCC3(C)C)c1)C(=O)OCC. The van der Waals surface area contributed by atoms with Crippen molar-refractivity contribution in [3.05, 3.63) is 64.4 Å². The number of esters is 1. The molecule has 1 aliphatic rings. The largest absolute Gasteiger partial charge is 0.487 e. The molecule has 2 aromatic carbocycles. The fraction of sp³-hybridized carbons (Fsp3) is 0.545. The maximum atomic E-state index is 12.6. The Balaban J connectivity index is 1.91. The molecule has 0 amide bonds. The second-order valence-corrected chi connectivity index (χ2v) is 11.6. The number of rotatable bonds is 11. The van der Waals surface area contributed by atoms with Gasteiger partial charge in [-0.05, 0) is 89.5 Å². The van der Waals surface area contributed by atoms with Crippen molar-refractivity contribution in [1.82, 2.24) is 0 Å². The van der Waals surface area contributed by atoms with E-state index in [1.807, 2.05) is 19.1 Å². The minimum absolute atomic E-state index is 0.160. The van der Waals surface area contributed by atoms with E-state index in [0.29, 0.717) is 13.2 Å². The van der Waals surface area contributed by atoms with Crippen LogP contribution in [0.15, 0.2) is 42.2 Å². The zero-order valence-corrected chi connectivity index (χ0v) is 23.6. The van der Waals surface area contributed by atoms with Crippen LogP contribution in [0.25, 0.3) is 17.2 Å². The van der Waals surface area contributed by atoms with Gasteiger partial charge in [0.2, 0.25) is 5.76 Å². The molecule has 36 heavy (non-hydrogen) atoms. The van der Waals surface area contributed by atoms with Crippen LogP contribution in [0.1, 0.15) is 109 Å². The maximum Gasteiger partial charge on any atom is 0.373 e. The van der Waals surface area contributed by atoms with Crippen LogP contribution in [-0.2, 0) is 25.1 Å². The third-order valence-electron chi connectivity index (χ3n) is 7.68. The van der Waals surface area contributed by atoms with Crippen molar-refractivity contribution in [2.45, 2.75) is 104 Å². The molecule has 0 aromatic heterocycles. The van der Waals surface area contributed by atoms with Crippen LogP contribution in [-0.4, -0.2) is 19.2 Å². The van der Waals surface area contributed by atoms with Crippen LogP contribution in [0, 0.1) is 6.92 Å². The Morgan fingerprint density at radius 1 is 0.889 bits per heavy atom. The lowest BCUT2D eigenvalue weighted by Crippen LogP contribution is -2.34. The lowest BCUT2D eigenvalue weighted by Gasteiger charge is -2.42. The highest BCUT2D eigenvalue weighted by Gasteiger charge is 2.37. The van der Waals surface area contributed by atoms with Crippen molar-refractivity contribution in [3.63, 3.8) is 0 Å². The number of carbonyl (C=O) groups is 1. The fourth-order valence-corrected chi connectivity index (χ4v) is 5.23. The van der Waals surface area contributed by atoms with Crippen molar-refractivity contribution >= 4 is 12.0 Å². The molecule has 0 N–H and O–H groups in total. The van der Waals surface area contributed by atoms with E-state index in [1.165, 1.54) is 54.4 Å². The van der Waals surface area contributed by atoms with E-state index in [2.05, 4.69) is 71.9 Å². The number of ether oxygens (including phenoxy) is 2. The van der Waals surface area contributed by atoms with Crippen LogP contribution < -0.4 is 0 Å². The Morgan fingerprint density at radius 3 is 2.22 bits per heavy atom. The Kier molecular flexibility index (Phi) is 9.44. The van der Waals surface area contributed by atoms with E-state index in [1.54, 1.807) is 0 Å². The number of hydrogen-bond donors (Lipinski definition) is 0. The fourth-order valence-electron chi connectivity index (χ4n) is 5.23. The van der Waals surface area contributed by atoms with Crippen molar-refractivity contribution in [2.24, 2.45) is 0 Å². The predicted molar refractivity (Wildman–Crippen MR) is 151 cm³/mol. The van der Waals surface area contributed by atoms with Gasteiger partial charge >= 0.3 is 5.97 Å². The summed E-state index contributed by atoms with van der Waals surface area (Å²) in [6, 6.07) is 13.2. The molecule has 3 rings (SSSR count). The minimum Gasteiger partial charge on any atom is -0.487 e. The first-order valence-electron chi connectivity index (χ1n) is 13.9. The Morgan fingerprint density at radius 2 is 1.56 bits per heavy atom. The number of carbonyl (C=O) groups excluding carboxylic acids is 1. The molecule has 0 radical (unpaired) electrons. The number of aryl methyl sites for hydroxylation is 1. The van der Waals surface area contributed by atoms with E-state index < -0.39 is 5.97 Å². The first-order chi connectivity index (χ1) is 17.1. The van der Waals surface area contributed by atoms with Crippen molar-refractivity contribution in [2.75, 3.05) is 13.2 Å². The van der Waals surface area contributed by atoms with E-state index in [-0.39, 0.29) is 16.6 Å². The molecule has 0 aliphatic heterocycles. The first-order valence-corrected chi connectivity index (χ1v) is 13.9. The summed E-state index contributed by atoms with van der Waals surface area (Å²) >= 11 is 0. The first kappa shape index (κ1) is 28.0. The zero-order valence-electron chi connectivity index (χ0n) is 23.6. The molecule has 0 saturated heterocycles. The van der Waals surface area contributed by atoms with Crippen molar-refractivity contribution in [3.8, 4) is 11.1 Å². The molecule has 0 saturated carbocycles. The smallest absolute Gasteiger partial charge is 0.373 e. The third-order valence-corrected chi connectivity index (χ3v) is 7.68. The van der Waals surface area contributed by atoms with Gasteiger partial charge in [0.1, 0.15) is 0 Å². The van der Waals surface area contributed by atoms with Crippen LogP contribution in [0.2, 0.25) is 0 Å². The van der Waals surface area contributed by atoms with Gasteiger partial charge in [-0.15, -0.1) is 0 Å². The minimum atomic E-state index is -0.398. The van der Waals surface area contributed by atoms with Gasteiger partial charge in [-0.3, -0.25) is 0 Å². The summed E-state index contributed by atoms with van der Waals surface area (Å²) in [5.74, 6) is -0.111. The molecular formula is C33H46O3. The van der Waals surface area contributed by atoms with E-state index in [0.717, 1.165) is 24.0 Å². The molecule has 3 nitrogen and oxygen atoms in total. The van der Waals surface area contributed by atoms with Gasteiger partial charge in [0, 0.05) is 0 Å². The van der Waals surface area contributed by atoms with E-state index in [4.69, 9.17) is 9.47 Å². The quantitative estimate of drug-likeness (QED) is 0.136. The predicted octanol–water partition coefficient (Wildman–Crippen LogP) is 8.90. The highest BCUT2D eigenvalue weighted by Crippen LogP contribution is 2.47. The van der Waals surface area contributed by atoms with Gasteiger partial charge in [-0.25, -0.2) is 4.79 Å². The van der Waals surface area contributed by atoms with Gasteiger partial charge in [-0.1, -0.05) is 90.6 Å². The van der Waals surface area contributed by atoms with E-state index >= 15 is 0 Å². The average Bonchev–Trinajstić information content (AvgIpc) is 2.83. The lowest BCUT2D eigenvalue weighted by atomic mass is 9.62. The molecule has 0 bridgehead atoms. The molecule has 0 atom stereocenters. The molecule has 0 fully saturated rings. The van der Waals surface area contributed by atoms with Crippen LogP contribution in [0.4, 0.5) is 0 Å². The van der Waals surface area contributed by atoms with Gasteiger partial charge < -0.3 is 9.47 Å². The summed E-state index contributed by atoms with van der Waals surface area (Å²) in [4.78, 5) is 12.6. The zero-order chi connectivity index (χ0) is 26.3. The highest BCUT2D eigenvalue weighted by atomic mass is 16.6. The normalized spacial score (nSPS) is 16.4.